The number of carbonyl (C=O) groups is 2. The Hall–Kier alpha value is -2.82. The number of hydrogen-bond acceptors (Lipinski definition) is 5. The third-order valence-corrected chi connectivity index (χ3v) is 9.70. The van der Waals surface area contributed by atoms with Crippen molar-refractivity contribution in [2.75, 3.05) is 19.8 Å². The molecule has 4 rings (SSSR count). The smallest absolute Gasteiger partial charge is 0.236 e. The molecule has 8 nitrogen and oxygen atoms in total. The van der Waals surface area contributed by atoms with Crippen molar-refractivity contribution < 1.29 is 27.1 Å². The van der Waals surface area contributed by atoms with Gasteiger partial charge in [0.15, 0.2) is 0 Å². The van der Waals surface area contributed by atoms with E-state index < -0.39 is 38.3 Å². The van der Waals surface area contributed by atoms with Crippen molar-refractivity contribution in [3.8, 4) is 0 Å². The average Bonchev–Trinajstić information content (AvgIpc) is 2.86. The minimum Gasteiger partial charge on any atom is -0.381 e. The molecule has 2 aliphatic rings. The van der Waals surface area contributed by atoms with Gasteiger partial charge in [-0.25, -0.2) is 12.8 Å². The number of nitrogens with two attached hydrogens (primary N) is 1. The molecule has 194 valence electrons. The van der Waals surface area contributed by atoms with Crippen LogP contribution in [0.4, 0.5) is 4.39 Å². The van der Waals surface area contributed by atoms with E-state index in [1.54, 1.807) is 12.1 Å². The second-order valence-corrected chi connectivity index (χ2v) is 11.6. The third-order valence-electron chi connectivity index (χ3n) is 7.33. The van der Waals surface area contributed by atoms with Gasteiger partial charge in [0, 0.05) is 31.4 Å². The van der Waals surface area contributed by atoms with E-state index in [0.29, 0.717) is 44.5 Å². The van der Waals surface area contributed by atoms with Crippen LogP contribution in [0.3, 0.4) is 0 Å². The topological polar surface area (TPSA) is 119 Å². The van der Waals surface area contributed by atoms with Gasteiger partial charge >= 0.3 is 0 Å². The van der Waals surface area contributed by atoms with Crippen LogP contribution in [0.1, 0.15) is 54.5 Å². The number of hydrogen-bond donors (Lipinski definition) is 2. The molecule has 2 amide bonds. The normalized spacial score (nSPS) is 23.6. The lowest BCUT2D eigenvalue weighted by Crippen LogP contribution is -2.50. The monoisotopic (exact) mass is 517 g/mol. The van der Waals surface area contributed by atoms with Gasteiger partial charge in [0.05, 0.1) is 12.0 Å². The highest BCUT2D eigenvalue weighted by Gasteiger charge is 2.43. The largest absolute Gasteiger partial charge is 0.381 e. The number of ether oxygens (including phenoxy) is 1. The van der Waals surface area contributed by atoms with Gasteiger partial charge in [0.2, 0.25) is 21.8 Å². The van der Waals surface area contributed by atoms with Gasteiger partial charge in [0.1, 0.15) is 11.1 Å². The molecule has 2 aliphatic heterocycles. The zero-order chi connectivity index (χ0) is 25.9. The summed E-state index contributed by atoms with van der Waals surface area (Å²) in [5.74, 6) is -1.65. The summed E-state index contributed by atoms with van der Waals surface area (Å²) in [7, 11) is -3.71. The van der Waals surface area contributed by atoms with Gasteiger partial charge in [-0.3, -0.25) is 9.59 Å². The number of benzene rings is 2. The molecule has 0 aliphatic carbocycles. The molecule has 2 unspecified atom stereocenters. The second-order valence-electron chi connectivity index (χ2n) is 9.57. The van der Waals surface area contributed by atoms with Gasteiger partial charge in [-0.05, 0) is 49.8 Å². The number of nitrogens with one attached hydrogen (secondary N) is 1. The highest BCUT2D eigenvalue weighted by Crippen LogP contribution is 2.39. The number of amides is 2. The Kier molecular flexibility index (Phi) is 7.77. The van der Waals surface area contributed by atoms with Gasteiger partial charge in [0.25, 0.3) is 0 Å². The summed E-state index contributed by atoms with van der Waals surface area (Å²) in [6.45, 7) is 2.07. The van der Waals surface area contributed by atoms with E-state index in [2.05, 4.69) is 5.32 Å². The fraction of sp³-hybridized carbons (Fsp3) is 0.462. The number of halogens is 1. The van der Waals surface area contributed by atoms with Gasteiger partial charge in [-0.1, -0.05) is 42.5 Å². The first-order valence-corrected chi connectivity index (χ1v) is 13.6. The number of carbonyl (C=O) groups excluding carboxylic acids is 2. The summed E-state index contributed by atoms with van der Waals surface area (Å²) in [6.07, 6.45) is 1.83. The maximum Gasteiger partial charge on any atom is 0.236 e. The highest BCUT2D eigenvalue weighted by molar-refractivity contribution is 7.89. The molecule has 0 saturated carbocycles. The summed E-state index contributed by atoms with van der Waals surface area (Å²) in [6, 6.07) is 13.4. The van der Waals surface area contributed by atoms with Gasteiger partial charge in [-0.2, -0.15) is 4.31 Å². The van der Waals surface area contributed by atoms with E-state index in [1.807, 2.05) is 37.3 Å². The lowest BCUT2D eigenvalue weighted by Gasteiger charge is -2.38. The molecule has 0 bridgehead atoms. The molecule has 0 spiro atoms. The quantitative estimate of drug-likeness (QED) is 0.585. The average molecular weight is 518 g/mol. The number of nitrogens with zero attached hydrogens (tertiary/aromatic N) is 1. The molecule has 2 aromatic rings. The Morgan fingerprint density at radius 2 is 1.83 bits per heavy atom. The van der Waals surface area contributed by atoms with Crippen LogP contribution < -0.4 is 11.1 Å². The lowest BCUT2D eigenvalue weighted by atomic mass is 9.73. The highest BCUT2D eigenvalue weighted by atomic mass is 32.2. The van der Waals surface area contributed by atoms with Crippen LogP contribution in [0, 0.1) is 5.82 Å². The molecule has 2 saturated heterocycles. The van der Waals surface area contributed by atoms with Gasteiger partial charge < -0.3 is 15.8 Å². The first kappa shape index (κ1) is 26.2. The minimum absolute atomic E-state index is 0.0943. The predicted octanol–water partition coefficient (Wildman–Crippen LogP) is 2.53. The summed E-state index contributed by atoms with van der Waals surface area (Å²) < 4.78 is 49.3. The van der Waals surface area contributed by atoms with E-state index in [9.17, 15) is 18.0 Å². The van der Waals surface area contributed by atoms with Crippen LogP contribution in [-0.4, -0.2) is 50.3 Å². The van der Waals surface area contributed by atoms with Crippen molar-refractivity contribution in [3.05, 3.63) is 71.0 Å². The molecule has 36 heavy (non-hydrogen) atoms. The summed E-state index contributed by atoms with van der Waals surface area (Å²) >= 11 is 0. The summed E-state index contributed by atoms with van der Waals surface area (Å²) in [5.41, 5.74) is 5.55. The van der Waals surface area contributed by atoms with Crippen LogP contribution >= 0.6 is 0 Å². The number of sulfonamides is 1. The molecule has 2 fully saturated rings. The maximum absolute atomic E-state index is 15.4. The molecule has 10 heteroatoms. The lowest BCUT2D eigenvalue weighted by molar-refractivity contribution is -0.132. The Morgan fingerprint density at radius 3 is 2.47 bits per heavy atom. The molecule has 2 heterocycles. The van der Waals surface area contributed by atoms with Gasteiger partial charge in [-0.15, -0.1) is 0 Å². The number of rotatable bonds is 7. The standard InChI is InChI=1S/C26H32FN3O5S/c1-18-7-10-23(19-5-3-2-4-6-19)36(33,34)30(18)17-20-8-9-21(15-22(20)27)26(11-13-35-14-12-26)25(32)29-16-24(28)31/h2-6,8-9,15,18,23H,7,10-14,16-17H2,1H3,(H2,28,31)(H,29,32). The molecule has 0 radical (unpaired) electrons. The second kappa shape index (κ2) is 10.7. The first-order valence-electron chi connectivity index (χ1n) is 12.1. The zero-order valence-electron chi connectivity index (χ0n) is 20.3. The van der Waals surface area contributed by atoms with E-state index in [-0.39, 0.29) is 24.7 Å². The van der Waals surface area contributed by atoms with Crippen molar-refractivity contribution in [1.29, 1.82) is 0 Å². The van der Waals surface area contributed by atoms with Crippen LogP contribution in [0.15, 0.2) is 48.5 Å². The fourth-order valence-electron chi connectivity index (χ4n) is 5.20. The summed E-state index contributed by atoms with van der Waals surface area (Å²) in [5, 5.41) is 1.88. The predicted molar refractivity (Wildman–Crippen MR) is 133 cm³/mol. The third kappa shape index (κ3) is 5.16. The number of primary amides is 1. The zero-order valence-corrected chi connectivity index (χ0v) is 21.1. The van der Waals surface area contributed by atoms with E-state index in [4.69, 9.17) is 10.5 Å². The SMILES string of the molecule is CC1CCC(c2ccccc2)S(=O)(=O)N1Cc1ccc(C2(C(=O)NCC(N)=O)CCOCC2)cc1F. The molecular weight excluding hydrogens is 485 g/mol. The molecule has 3 N–H and O–H groups in total. The van der Waals surface area contributed by atoms with E-state index in [0.717, 1.165) is 5.56 Å². The van der Waals surface area contributed by atoms with Crippen LogP contribution in [0.25, 0.3) is 0 Å². The Bertz CT molecular complexity index is 1220. The molecular formula is C26H32FN3O5S. The van der Waals surface area contributed by atoms with Crippen molar-refractivity contribution in [2.24, 2.45) is 5.73 Å². The van der Waals surface area contributed by atoms with Crippen molar-refractivity contribution in [1.82, 2.24) is 9.62 Å². The fourth-order valence-corrected chi connectivity index (χ4v) is 7.38. The van der Waals surface area contributed by atoms with Crippen molar-refractivity contribution in [3.63, 3.8) is 0 Å². The molecule has 0 aromatic heterocycles. The van der Waals surface area contributed by atoms with Crippen molar-refractivity contribution in [2.45, 2.75) is 55.9 Å². The Morgan fingerprint density at radius 1 is 1.14 bits per heavy atom. The minimum atomic E-state index is -3.71. The van der Waals surface area contributed by atoms with Crippen molar-refractivity contribution >= 4 is 21.8 Å². The van der Waals surface area contributed by atoms with E-state index >= 15 is 4.39 Å². The maximum atomic E-state index is 15.4. The van der Waals surface area contributed by atoms with Crippen LogP contribution in [0.2, 0.25) is 0 Å². The van der Waals surface area contributed by atoms with Crippen LogP contribution in [-0.2, 0) is 36.3 Å². The van der Waals surface area contributed by atoms with Crippen LogP contribution in [0.5, 0.6) is 0 Å². The molecule has 2 aromatic carbocycles. The molecule has 2 atom stereocenters. The summed E-state index contributed by atoms with van der Waals surface area (Å²) in [4.78, 5) is 24.2. The Labute approximate surface area is 211 Å². The Balaban J connectivity index is 1.61. The first-order chi connectivity index (χ1) is 17.1. The van der Waals surface area contributed by atoms with E-state index in [1.165, 1.54) is 10.4 Å².